The average molecular weight is 254 g/mol. The Balaban J connectivity index is 3.21. The molecule has 0 radical (unpaired) electrons. The Kier molecular flexibility index (Phi) is 3.23. The average Bonchev–Trinajstić information content (AvgIpc) is 1.99. The van der Waals surface area contributed by atoms with Crippen molar-refractivity contribution in [3.63, 3.8) is 0 Å². The maximum Gasteiger partial charge on any atom is 0.0553 e. The molecule has 0 spiro atoms. The van der Waals surface area contributed by atoms with E-state index in [1.165, 1.54) is 0 Å². The number of alkyl halides is 1. The lowest BCUT2D eigenvalue weighted by atomic mass is 10.2. The minimum atomic E-state index is 0.508. The zero-order valence-electron chi connectivity index (χ0n) is 6.00. The number of halogens is 3. The van der Waals surface area contributed by atoms with Crippen LogP contribution in [0.15, 0.2) is 16.6 Å². The van der Waals surface area contributed by atoms with Gasteiger partial charge < -0.3 is 0 Å². The first-order chi connectivity index (χ1) is 5.15. The lowest BCUT2D eigenvalue weighted by Crippen LogP contribution is -1.82. The van der Waals surface area contributed by atoms with Crippen molar-refractivity contribution < 1.29 is 0 Å². The molecule has 0 nitrogen and oxygen atoms in total. The molecule has 0 aliphatic heterocycles. The van der Waals surface area contributed by atoms with Crippen LogP contribution in [0.25, 0.3) is 0 Å². The summed E-state index contributed by atoms with van der Waals surface area (Å²) < 4.78 is 0.952. The summed E-state index contributed by atoms with van der Waals surface area (Å²) in [6, 6.07) is 3.88. The fourth-order valence-electron chi connectivity index (χ4n) is 0.875. The Morgan fingerprint density at radius 3 is 2.55 bits per heavy atom. The van der Waals surface area contributed by atoms with Crippen LogP contribution in [0.5, 0.6) is 0 Å². The third-order valence-electron chi connectivity index (χ3n) is 1.42. The molecule has 0 fully saturated rings. The van der Waals surface area contributed by atoms with Crippen LogP contribution in [0, 0.1) is 6.92 Å². The van der Waals surface area contributed by atoms with Crippen LogP contribution < -0.4 is 0 Å². The highest BCUT2D eigenvalue weighted by atomic mass is 79.9. The fourth-order valence-corrected chi connectivity index (χ4v) is 1.55. The lowest BCUT2D eigenvalue weighted by molar-refractivity contribution is 1.33. The third kappa shape index (κ3) is 2.11. The van der Waals surface area contributed by atoms with Crippen LogP contribution in [0.4, 0.5) is 0 Å². The number of hydrogen-bond donors (Lipinski definition) is 0. The highest BCUT2D eigenvalue weighted by molar-refractivity contribution is 9.10. The standard InChI is InChI=1S/C8H7BrCl2/c1-5-2-6(4-10)3-7(11)8(5)9/h2-3H,4H2,1H3. The van der Waals surface area contributed by atoms with Crippen LogP contribution in [0.2, 0.25) is 5.02 Å². The molecular formula is C8H7BrCl2. The first-order valence-corrected chi connectivity index (χ1v) is 4.86. The number of rotatable bonds is 1. The van der Waals surface area contributed by atoms with E-state index < -0.39 is 0 Å². The molecule has 0 N–H and O–H groups in total. The maximum absolute atomic E-state index is 5.89. The Morgan fingerprint density at radius 2 is 2.09 bits per heavy atom. The van der Waals surface area contributed by atoms with Crippen LogP contribution in [-0.4, -0.2) is 0 Å². The predicted octanol–water partition coefficient (Wildman–Crippen LogP) is 4.15. The molecule has 0 saturated carbocycles. The van der Waals surface area contributed by atoms with E-state index in [9.17, 15) is 0 Å². The first kappa shape index (κ1) is 9.37. The molecule has 1 rings (SSSR count). The van der Waals surface area contributed by atoms with Crippen molar-refractivity contribution in [2.75, 3.05) is 0 Å². The number of benzene rings is 1. The normalized spacial score (nSPS) is 10.2. The smallest absolute Gasteiger partial charge is 0.0553 e. The molecule has 1 aromatic carbocycles. The Hall–Kier alpha value is 0.280. The van der Waals surface area contributed by atoms with Gasteiger partial charge in [-0.05, 0) is 40.0 Å². The summed E-state index contributed by atoms with van der Waals surface area (Å²) in [5.74, 6) is 0.508. The van der Waals surface area contributed by atoms with Crippen LogP contribution in [0.3, 0.4) is 0 Å². The Bertz CT molecular complexity index is 248. The van der Waals surface area contributed by atoms with Gasteiger partial charge in [0, 0.05) is 10.4 Å². The van der Waals surface area contributed by atoms with Gasteiger partial charge in [-0.15, -0.1) is 11.6 Å². The molecule has 0 amide bonds. The van der Waals surface area contributed by atoms with E-state index >= 15 is 0 Å². The van der Waals surface area contributed by atoms with E-state index in [1.807, 2.05) is 19.1 Å². The van der Waals surface area contributed by atoms with Gasteiger partial charge in [-0.25, -0.2) is 0 Å². The van der Waals surface area contributed by atoms with Gasteiger partial charge in [-0.3, -0.25) is 0 Å². The Labute approximate surface area is 84.6 Å². The summed E-state index contributed by atoms with van der Waals surface area (Å²) in [5.41, 5.74) is 2.17. The van der Waals surface area contributed by atoms with Crippen molar-refractivity contribution in [3.8, 4) is 0 Å². The van der Waals surface area contributed by atoms with Crippen molar-refractivity contribution in [2.24, 2.45) is 0 Å². The molecule has 1 aromatic rings. The molecule has 0 atom stereocenters. The van der Waals surface area contributed by atoms with E-state index in [0.29, 0.717) is 5.88 Å². The van der Waals surface area contributed by atoms with E-state index in [0.717, 1.165) is 20.6 Å². The van der Waals surface area contributed by atoms with E-state index in [1.54, 1.807) is 0 Å². The van der Waals surface area contributed by atoms with Crippen LogP contribution in [0.1, 0.15) is 11.1 Å². The minimum absolute atomic E-state index is 0.508. The fraction of sp³-hybridized carbons (Fsp3) is 0.250. The van der Waals surface area contributed by atoms with E-state index in [2.05, 4.69) is 15.9 Å². The summed E-state index contributed by atoms with van der Waals surface area (Å²) in [5, 5.41) is 0.723. The second-order valence-corrected chi connectivity index (χ2v) is 3.81. The van der Waals surface area contributed by atoms with Gasteiger partial charge in [-0.2, -0.15) is 0 Å². The highest BCUT2D eigenvalue weighted by Crippen LogP contribution is 2.27. The van der Waals surface area contributed by atoms with E-state index in [-0.39, 0.29) is 0 Å². The predicted molar refractivity (Wildman–Crippen MR) is 53.4 cm³/mol. The van der Waals surface area contributed by atoms with Gasteiger partial charge in [0.25, 0.3) is 0 Å². The van der Waals surface area contributed by atoms with Gasteiger partial charge in [0.1, 0.15) is 0 Å². The summed E-state index contributed by atoms with van der Waals surface area (Å²) in [7, 11) is 0. The topological polar surface area (TPSA) is 0 Å². The molecular weight excluding hydrogens is 247 g/mol. The van der Waals surface area contributed by atoms with Crippen molar-refractivity contribution in [3.05, 3.63) is 32.8 Å². The number of hydrogen-bond acceptors (Lipinski definition) is 0. The highest BCUT2D eigenvalue weighted by Gasteiger charge is 2.02. The molecule has 3 heteroatoms. The van der Waals surface area contributed by atoms with Gasteiger partial charge in [0.15, 0.2) is 0 Å². The zero-order chi connectivity index (χ0) is 8.43. The maximum atomic E-state index is 5.89. The molecule has 0 unspecified atom stereocenters. The van der Waals surface area contributed by atoms with Crippen LogP contribution >= 0.6 is 39.1 Å². The van der Waals surface area contributed by atoms with Crippen molar-refractivity contribution >= 4 is 39.1 Å². The minimum Gasteiger partial charge on any atom is -0.122 e. The third-order valence-corrected chi connectivity index (χ3v) is 3.31. The van der Waals surface area contributed by atoms with Gasteiger partial charge in [0.2, 0.25) is 0 Å². The molecule has 11 heavy (non-hydrogen) atoms. The summed E-state index contributed by atoms with van der Waals surface area (Å²) in [4.78, 5) is 0. The Morgan fingerprint density at radius 1 is 1.45 bits per heavy atom. The molecule has 0 aliphatic carbocycles. The SMILES string of the molecule is Cc1cc(CCl)cc(Cl)c1Br. The molecule has 0 bridgehead atoms. The second kappa shape index (κ2) is 3.79. The summed E-state index contributed by atoms with van der Waals surface area (Å²) in [6.07, 6.45) is 0. The van der Waals surface area contributed by atoms with Crippen molar-refractivity contribution in [2.45, 2.75) is 12.8 Å². The van der Waals surface area contributed by atoms with Crippen LogP contribution in [-0.2, 0) is 5.88 Å². The zero-order valence-corrected chi connectivity index (χ0v) is 9.09. The van der Waals surface area contributed by atoms with E-state index in [4.69, 9.17) is 23.2 Å². The summed E-state index contributed by atoms with van der Waals surface area (Å²) >= 11 is 14.9. The first-order valence-electron chi connectivity index (χ1n) is 3.15. The summed E-state index contributed by atoms with van der Waals surface area (Å²) in [6.45, 7) is 1.99. The van der Waals surface area contributed by atoms with Gasteiger partial charge in [0.05, 0.1) is 5.02 Å². The number of aryl methyl sites for hydroxylation is 1. The van der Waals surface area contributed by atoms with Gasteiger partial charge in [-0.1, -0.05) is 17.7 Å². The molecule has 0 aromatic heterocycles. The van der Waals surface area contributed by atoms with Crippen molar-refractivity contribution in [1.29, 1.82) is 0 Å². The molecule has 60 valence electrons. The molecule has 0 heterocycles. The lowest BCUT2D eigenvalue weighted by Gasteiger charge is -2.03. The van der Waals surface area contributed by atoms with Crippen molar-refractivity contribution in [1.82, 2.24) is 0 Å². The quantitative estimate of drug-likeness (QED) is 0.660. The van der Waals surface area contributed by atoms with Gasteiger partial charge >= 0.3 is 0 Å². The largest absolute Gasteiger partial charge is 0.122 e. The second-order valence-electron chi connectivity index (χ2n) is 2.34. The molecule has 0 saturated heterocycles. The monoisotopic (exact) mass is 252 g/mol. The molecule has 0 aliphatic rings.